The zero-order chi connectivity index (χ0) is 20.4. The number of carbonyl (C=O) groups excluding carboxylic acids is 1. The molecule has 9 nitrogen and oxygen atoms in total. The monoisotopic (exact) mass is 428 g/mol. The number of pyridine rings is 1. The molecule has 4 aromatic heterocycles. The van der Waals surface area contributed by atoms with Crippen molar-refractivity contribution in [2.24, 2.45) is 0 Å². The maximum Gasteiger partial charge on any atom is 0.255 e. The van der Waals surface area contributed by atoms with Gasteiger partial charge >= 0.3 is 0 Å². The van der Waals surface area contributed by atoms with Gasteiger partial charge in [-0.05, 0) is 60.4 Å². The summed E-state index contributed by atoms with van der Waals surface area (Å²) in [5, 5.41) is 23.8. The maximum atomic E-state index is 13.3. The van der Waals surface area contributed by atoms with Gasteiger partial charge in [-0.25, -0.2) is 0 Å². The van der Waals surface area contributed by atoms with Gasteiger partial charge in [0.25, 0.3) is 5.91 Å². The molecule has 0 fully saturated rings. The summed E-state index contributed by atoms with van der Waals surface area (Å²) in [6.45, 7) is 3.93. The molecule has 11 heteroatoms. The van der Waals surface area contributed by atoms with Crippen molar-refractivity contribution in [3.63, 3.8) is 0 Å². The molecule has 0 aliphatic carbocycles. The summed E-state index contributed by atoms with van der Waals surface area (Å²) in [5.41, 5.74) is 2.26. The van der Waals surface area contributed by atoms with E-state index in [1.807, 2.05) is 48.9 Å². The predicted octanol–water partition coefficient (Wildman–Crippen LogP) is 2.61. The Hall–Kier alpha value is -2.79. The highest BCUT2D eigenvalue weighted by Gasteiger charge is 2.26. The normalized spacial score (nSPS) is 12.4. The third-order valence-electron chi connectivity index (χ3n) is 4.72. The molecule has 4 aromatic rings. The van der Waals surface area contributed by atoms with Crippen LogP contribution in [0.5, 0.6) is 0 Å². The van der Waals surface area contributed by atoms with Gasteiger partial charge < -0.3 is 5.32 Å². The van der Waals surface area contributed by atoms with Crippen molar-refractivity contribution in [1.29, 1.82) is 0 Å². The van der Waals surface area contributed by atoms with Crippen molar-refractivity contribution < 1.29 is 4.79 Å². The lowest BCUT2D eigenvalue weighted by molar-refractivity contribution is 0.0933. The fourth-order valence-corrected chi connectivity index (χ4v) is 4.66. The van der Waals surface area contributed by atoms with Crippen LogP contribution in [0.25, 0.3) is 10.6 Å². The molecule has 4 rings (SSSR count). The van der Waals surface area contributed by atoms with Gasteiger partial charge in [0, 0.05) is 11.1 Å². The van der Waals surface area contributed by atoms with Crippen LogP contribution in [0, 0.1) is 13.8 Å². The molecule has 0 saturated heterocycles. The number of thioether (sulfide) groups is 1. The Balaban J connectivity index is 1.69. The molecule has 1 amide bonds. The number of aromatic nitrogens is 7. The topological polar surface area (TPSA) is 103 Å². The molecule has 0 spiro atoms. The number of carbonyl (C=O) groups is 1. The van der Waals surface area contributed by atoms with Crippen LogP contribution in [0.3, 0.4) is 0 Å². The smallest absolute Gasteiger partial charge is 0.255 e. The highest BCUT2D eigenvalue weighted by atomic mass is 32.2. The van der Waals surface area contributed by atoms with E-state index in [0.29, 0.717) is 10.6 Å². The number of hydrogen-bond acceptors (Lipinski definition) is 8. The number of hydrogen-bond donors (Lipinski definition) is 1. The van der Waals surface area contributed by atoms with Gasteiger partial charge in [0.2, 0.25) is 0 Å². The Morgan fingerprint density at radius 2 is 2.17 bits per heavy atom. The van der Waals surface area contributed by atoms with Crippen LogP contribution in [0.2, 0.25) is 0 Å². The molecule has 0 saturated carbocycles. The minimum absolute atomic E-state index is 0.170. The van der Waals surface area contributed by atoms with E-state index in [0.717, 1.165) is 34.1 Å². The number of nitrogens with one attached hydrogen (secondary N) is 1. The average Bonchev–Trinajstić information content (AvgIpc) is 3.45. The number of tetrazole rings is 1. The van der Waals surface area contributed by atoms with Crippen molar-refractivity contribution >= 4 is 34.7 Å². The van der Waals surface area contributed by atoms with Crippen LogP contribution < -0.4 is 5.32 Å². The first-order chi connectivity index (χ1) is 14.1. The van der Waals surface area contributed by atoms with Crippen LogP contribution in [-0.4, -0.2) is 52.7 Å². The van der Waals surface area contributed by atoms with E-state index in [9.17, 15) is 4.79 Å². The van der Waals surface area contributed by atoms with Crippen LogP contribution in [0.1, 0.15) is 39.1 Å². The Morgan fingerprint density at radius 1 is 1.31 bits per heavy atom. The summed E-state index contributed by atoms with van der Waals surface area (Å²) >= 11 is 3.22. The Morgan fingerprint density at radius 3 is 2.93 bits per heavy atom. The highest BCUT2D eigenvalue weighted by molar-refractivity contribution is 7.98. The van der Waals surface area contributed by atoms with Crippen LogP contribution in [0.15, 0.2) is 30.7 Å². The number of amides is 1. The number of fused-ring (bicyclic) bond motifs is 1. The summed E-state index contributed by atoms with van der Waals surface area (Å²) in [7, 11) is 0. The second kappa shape index (κ2) is 8.29. The van der Waals surface area contributed by atoms with E-state index in [-0.39, 0.29) is 11.9 Å². The predicted molar refractivity (Wildman–Crippen MR) is 113 cm³/mol. The molecule has 0 aromatic carbocycles. The van der Waals surface area contributed by atoms with E-state index in [4.69, 9.17) is 0 Å². The van der Waals surface area contributed by atoms with Gasteiger partial charge in [-0.1, -0.05) is 6.07 Å². The van der Waals surface area contributed by atoms with Gasteiger partial charge in [-0.15, -0.1) is 26.6 Å². The molecule has 4 heterocycles. The standard InChI is InChI=1S/C18H20N8OS2/c1-11-12(2)29-18(26-10-19-23-24-26)15(11)17(27)20-13(7-9-28-3)16-22-21-14-6-4-5-8-25(14)16/h4-6,8,10,13H,7,9H2,1-3H3,(H,20,27). The maximum absolute atomic E-state index is 13.3. The molecule has 1 N–H and O–H groups in total. The van der Waals surface area contributed by atoms with E-state index in [1.165, 1.54) is 22.3 Å². The van der Waals surface area contributed by atoms with Crippen LogP contribution >= 0.6 is 23.1 Å². The fourth-order valence-electron chi connectivity index (χ4n) is 3.12. The van der Waals surface area contributed by atoms with Crippen molar-refractivity contribution in [2.45, 2.75) is 26.3 Å². The molecule has 0 aliphatic rings. The number of aryl methyl sites for hydroxylation is 1. The summed E-state index contributed by atoms with van der Waals surface area (Å²) in [4.78, 5) is 14.4. The average molecular weight is 429 g/mol. The number of rotatable bonds is 7. The second-order valence-electron chi connectivity index (χ2n) is 6.51. The molecule has 0 aliphatic heterocycles. The van der Waals surface area contributed by atoms with Gasteiger partial charge in [-0.2, -0.15) is 16.4 Å². The van der Waals surface area contributed by atoms with E-state index >= 15 is 0 Å². The van der Waals surface area contributed by atoms with Crippen molar-refractivity contribution in [2.75, 3.05) is 12.0 Å². The molecule has 0 radical (unpaired) electrons. The lowest BCUT2D eigenvalue weighted by atomic mass is 10.1. The minimum Gasteiger partial charge on any atom is -0.342 e. The van der Waals surface area contributed by atoms with Crippen LogP contribution in [-0.2, 0) is 0 Å². The van der Waals surface area contributed by atoms with Gasteiger partial charge in [0.1, 0.15) is 11.3 Å². The lowest BCUT2D eigenvalue weighted by Crippen LogP contribution is -2.31. The first-order valence-corrected chi connectivity index (χ1v) is 11.2. The molecular formula is C18H20N8OS2. The Kier molecular flexibility index (Phi) is 5.58. The summed E-state index contributed by atoms with van der Waals surface area (Å²) in [5.74, 6) is 1.43. The second-order valence-corrected chi connectivity index (χ2v) is 8.70. The third kappa shape index (κ3) is 3.75. The van der Waals surface area contributed by atoms with Gasteiger partial charge in [0.05, 0.1) is 11.6 Å². The molecule has 150 valence electrons. The van der Waals surface area contributed by atoms with Crippen molar-refractivity contribution in [1.82, 2.24) is 40.1 Å². The largest absolute Gasteiger partial charge is 0.342 e. The van der Waals surface area contributed by atoms with Gasteiger partial charge in [0.15, 0.2) is 11.5 Å². The Labute approximate surface area is 175 Å². The molecular weight excluding hydrogens is 408 g/mol. The summed E-state index contributed by atoms with van der Waals surface area (Å²) < 4.78 is 3.45. The molecule has 0 bridgehead atoms. The number of thiophene rings is 1. The van der Waals surface area contributed by atoms with Gasteiger partial charge in [-0.3, -0.25) is 9.20 Å². The lowest BCUT2D eigenvalue weighted by Gasteiger charge is -2.17. The van der Waals surface area contributed by atoms with Crippen molar-refractivity contribution in [3.05, 3.63) is 52.6 Å². The minimum atomic E-state index is -0.270. The zero-order valence-electron chi connectivity index (χ0n) is 16.2. The number of nitrogens with zero attached hydrogens (tertiary/aromatic N) is 7. The SMILES string of the molecule is CSCCC(NC(=O)c1c(-n2cnnn2)sc(C)c1C)c1nnc2ccccn12. The van der Waals surface area contributed by atoms with E-state index < -0.39 is 0 Å². The Bertz CT molecular complexity index is 1130. The molecule has 29 heavy (non-hydrogen) atoms. The summed E-state index contributed by atoms with van der Waals surface area (Å²) in [6.07, 6.45) is 6.20. The van der Waals surface area contributed by atoms with E-state index in [2.05, 4.69) is 31.0 Å². The van der Waals surface area contributed by atoms with E-state index in [1.54, 1.807) is 11.8 Å². The molecule has 1 unspecified atom stereocenters. The third-order valence-corrected chi connectivity index (χ3v) is 6.56. The first kappa shape index (κ1) is 19.5. The van der Waals surface area contributed by atoms with Crippen molar-refractivity contribution in [3.8, 4) is 5.00 Å². The first-order valence-electron chi connectivity index (χ1n) is 9.03. The fraction of sp³-hybridized carbons (Fsp3) is 0.333. The quantitative estimate of drug-likeness (QED) is 0.483. The van der Waals surface area contributed by atoms with Crippen LogP contribution in [0.4, 0.5) is 0 Å². The summed E-state index contributed by atoms with van der Waals surface area (Å²) in [6, 6.07) is 5.47. The molecule has 1 atom stereocenters. The zero-order valence-corrected chi connectivity index (χ0v) is 17.9. The highest BCUT2D eigenvalue weighted by Crippen LogP contribution is 2.31.